The molecule has 12 heavy (non-hydrogen) atoms. The maximum absolute atomic E-state index is 5.27. The molecule has 0 aliphatic rings. The monoisotopic (exact) mass is 163 g/mol. The number of nitrogens with zero attached hydrogens (tertiary/aromatic N) is 1. The molecule has 0 aliphatic heterocycles. The first-order valence-corrected chi connectivity index (χ1v) is 4.14. The number of aromatic nitrogens is 1. The fraction of sp³-hybridized carbons (Fsp3) is 0.400. The molecule has 2 heteroatoms. The van der Waals surface area contributed by atoms with Crippen molar-refractivity contribution in [1.29, 1.82) is 0 Å². The maximum Gasteiger partial charge on any atom is 0.151 e. The van der Waals surface area contributed by atoms with Gasteiger partial charge in [-0.15, -0.1) is 0 Å². The Morgan fingerprint density at radius 2 is 2.00 bits per heavy atom. The zero-order valence-corrected chi connectivity index (χ0v) is 7.66. The fourth-order valence-corrected chi connectivity index (χ4v) is 1.45. The zero-order valence-electron chi connectivity index (χ0n) is 7.66. The second-order valence-electron chi connectivity index (χ2n) is 4.03. The molecule has 0 aromatic carbocycles. The molecule has 0 radical (unpaired) electrons. The molecule has 0 bridgehead atoms. The third kappa shape index (κ3) is 0.951. The molecule has 0 aliphatic carbocycles. The fourth-order valence-electron chi connectivity index (χ4n) is 1.45. The Kier molecular flexibility index (Phi) is 1.34. The molecule has 2 aromatic rings. The highest BCUT2D eigenvalue weighted by Gasteiger charge is 2.15. The standard InChI is InChI=1S/C10H13NO/c1-10(2,3)11-6-4-9-8(11)5-7-12-9/h4-7H,1-3H3. The van der Waals surface area contributed by atoms with Crippen molar-refractivity contribution in [2.24, 2.45) is 0 Å². The van der Waals surface area contributed by atoms with Crippen molar-refractivity contribution < 1.29 is 4.42 Å². The van der Waals surface area contributed by atoms with Crippen LogP contribution in [0, 0.1) is 0 Å². The molecule has 0 saturated carbocycles. The quantitative estimate of drug-likeness (QED) is 0.584. The number of hydrogen-bond acceptors (Lipinski definition) is 1. The van der Waals surface area contributed by atoms with Gasteiger partial charge in [0.05, 0.1) is 11.8 Å². The summed E-state index contributed by atoms with van der Waals surface area (Å²) in [5.41, 5.74) is 2.26. The van der Waals surface area contributed by atoms with Gasteiger partial charge in [-0.3, -0.25) is 0 Å². The van der Waals surface area contributed by atoms with E-state index in [0.717, 1.165) is 5.58 Å². The van der Waals surface area contributed by atoms with Crippen LogP contribution < -0.4 is 0 Å². The summed E-state index contributed by atoms with van der Waals surface area (Å²) in [5, 5.41) is 0. The Balaban J connectivity index is 2.69. The summed E-state index contributed by atoms with van der Waals surface area (Å²) in [7, 11) is 0. The lowest BCUT2D eigenvalue weighted by atomic mass is 10.1. The Hall–Kier alpha value is -1.18. The molecular weight excluding hydrogens is 150 g/mol. The predicted octanol–water partition coefficient (Wildman–Crippen LogP) is 2.99. The van der Waals surface area contributed by atoms with Crippen LogP contribution in [0.15, 0.2) is 29.0 Å². The first-order valence-electron chi connectivity index (χ1n) is 4.14. The third-order valence-corrected chi connectivity index (χ3v) is 2.03. The van der Waals surface area contributed by atoms with E-state index in [1.807, 2.05) is 12.1 Å². The van der Waals surface area contributed by atoms with Crippen LogP contribution in [-0.2, 0) is 5.54 Å². The molecule has 0 unspecified atom stereocenters. The molecule has 0 N–H and O–H groups in total. The molecule has 2 rings (SSSR count). The van der Waals surface area contributed by atoms with Gasteiger partial charge in [-0.2, -0.15) is 0 Å². The second-order valence-corrected chi connectivity index (χ2v) is 4.03. The third-order valence-electron chi connectivity index (χ3n) is 2.03. The molecule has 0 saturated heterocycles. The predicted molar refractivity (Wildman–Crippen MR) is 49.2 cm³/mol. The summed E-state index contributed by atoms with van der Waals surface area (Å²) in [6.07, 6.45) is 3.79. The van der Waals surface area contributed by atoms with Gasteiger partial charge in [-0.1, -0.05) is 0 Å². The minimum atomic E-state index is 0.131. The van der Waals surface area contributed by atoms with E-state index in [1.165, 1.54) is 5.52 Å². The van der Waals surface area contributed by atoms with Gasteiger partial charge in [0.1, 0.15) is 0 Å². The van der Waals surface area contributed by atoms with Gasteiger partial charge in [0.15, 0.2) is 5.58 Å². The minimum Gasteiger partial charge on any atom is -0.463 e. The zero-order chi connectivity index (χ0) is 8.77. The number of furan rings is 1. The van der Waals surface area contributed by atoms with Crippen molar-refractivity contribution in [3.63, 3.8) is 0 Å². The normalized spacial score (nSPS) is 12.6. The van der Waals surface area contributed by atoms with Crippen molar-refractivity contribution in [2.75, 3.05) is 0 Å². The van der Waals surface area contributed by atoms with Crippen LogP contribution in [0.1, 0.15) is 20.8 Å². The molecule has 0 atom stereocenters. The van der Waals surface area contributed by atoms with Crippen molar-refractivity contribution in [3.05, 3.63) is 24.6 Å². The van der Waals surface area contributed by atoms with Gasteiger partial charge in [-0.05, 0) is 26.8 Å². The summed E-state index contributed by atoms with van der Waals surface area (Å²) >= 11 is 0. The Bertz CT molecular complexity index is 389. The molecule has 0 fully saturated rings. The summed E-state index contributed by atoms with van der Waals surface area (Å²) in [5.74, 6) is 0. The average Bonchev–Trinajstić information content (AvgIpc) is 2.37. The Morgan fingerprint density at radius 1 is 1.25 bits per heavy atom. The summed E-state index contributed by atoms with van der Waals surface area (Å²) < 4.78 is 7.49. The molecule has 0 amide bonds. The smallest absolute Gasteiger partial charge is 0.151 e. The highest BCUT2D eigenvalue weighted by Crippen LogP contribution is 2.23. The number of rotatable bonds is 0. The van der Waals surface area contributed by atoms with Crippen LogP contribution in [0.3, 0.4) is 0 Å². The van der Waals surface area contributed by atoms with Gasteiger partial charge in [0, 0.05) is 17.8 Å². The van der Waals surface area contributed by atoms with Crippen LogP contribution in [-0.4, -0.2) is 4.57 Å². The van der Waals surface area contributed by atoms with Gasteiger partial charge >= 0.3 is 0 Å². The van der Waals surface area contributed by atoms with Gasteiger partial charge < -0.3 is 8.98 Å². The molecule has 2 aromatic heterocycles. The van der Waals surface area contributed by atoms with Gasteiger partial charge in [-0.25, -0.2) is 0 Å². The van der Waals surface area contributed by atoms with Crippen molar-refractivity contribution in [1.82, 2.24) is 4.57 Å². The van der Waals surface area contributed by atoms with Crippen molar-refractivity contribution in [3.8, 4) is 0 Å². The van der Waals surface area contributed by atoms with Gasteiger partial charge in [0.2, 0.25) is 0 Å². The van der Waals surface area contributed by atoms with Crippen molar-refractivity contribution >= 4 is 11.1 Å². The lowest BCUT2D eigenvalue weighted by Crippen LogP contribution is -2.20. The highest BCUT2D eigenvalue weighted by atomic mass is 16.3. The minimum absolute atomic E-state index is 0.131. The topological polar surface area (TPSA) is 18.1 Å². The van der Waals surface area contributed by atoms with E-state index in [0.29, 0.717) is 0 Å². The van der Waals surface area contributed by atoms with E-state index >= 15 is 0 Å². The first-order chi connectivity index (χ1) is 5.59. The van der Waals surface area contributed by atoms with Crippen LogP contribution in [0.4, 0.5) is 0 Å². The largest absolute Gasteiger partial charge is 0.463 e. The summed E-state index contributed by atoms with van der Waals surface area (Å²) in [4.78, 5) is 0. The van der Waals surface area contributed by atoms with E-state index < -0.39 is 0 Å². The molecule has 2 heterocycles. The lowest BCUT2D eigenvalue weighted by molar-refractivity contribution is 0.411. The number of hydrogen-bond donors (Lipinski definition) is 0. The van der Waals surface area contributed by atoms with E-state index in [4.69, 9.17) is 4.42 Å². The van der Waals surface area contributed by atoms with E-state index in [2.05, 4.69) is 31.5 Å². The van der Waals surface area contributed by atoms with Crippen LogP contribution in [0.5, 0.6) is 0 Å². The molecular formula is C10H13NO. The highest BCUT2D eigenvalue weighted by molar-refractivity contribution is 5.74. The van der Waals surface area contributed by atoms with Gasteiger partial charge in [0.25, 0.3) is 0 Å². The van der Waals surface area contributed by atoms with E-state index in [1.54, 1.807) is 6.26 Å². The molecule has 64 valence electrons. The molecule has 2 nitrogen and oxygen atoms in total. The maximum atomic E-state index is 5.27. The second kappa shape index (κ2) is 2.16. The SMILES string of the molecule is CC(C)(C)n1ccc2occc21. The van der Waals surface area contributed by atoms with E-state index in [9.17, 15) is 0 Å². The Morgan fingerprint density at radius 3 is 2.67 bits per heavy atom. The van der Waals surface area contributed by atoms with Crippen molar-refractivity contribution in [2.45, 2.75) is 26.3 Å². The first kappa shape index (κ1) is 7.47. The summed E-state index contributed by atoms with van der Waals surface area (Å²) in [6.45, 7) is 6.54. The summed E-state index contributed by atoms with van der Waals surface area (Å²) in [6, 6.07) is 4.00. The van der Waals surface area contributed by atoms with Crippen LogP contribution >= 0.6 is 0 Å². The van der Waals surface area contributed by atoms with Crippen LogP contribution in [0.2, 0.25) is 0 Å². The Labute approximate surface area is 71.8 Å². The van der Waals surface area contributed by atoms with E-state index in [-0.39, 0.29) is 5.54 Å². The lowest BCUT2D eigenvalue weighted by Gasteiger charge is -2.21. The average molecular weight is 163 g/mol. The number of fused-ring (bicyclic) bond motifs is 1. The van der Waals surface area contributed by atoms with Crippen LogP contribution in [0.25, 0.3) is 11.1 Å². The molecule has 0 spiro atoms.